The first-order valence-corrected chi connectivity index (χ1v) is 8.28. The van der Waals surface area contributed by atoms with Gasteiger partial charge in [-0.2, -0.15) is 5.10 Å². The van der Waals surface area contributed by atoms with Gasteiger partial charge in [0.2, 0.25) is 5.91 Å². The standard InChI is InChI=1S/C16H20N4O2S/c1-10(21)9-23-13-8-12(19-20-13)11-6-5-7-17-14(11)18-15(22)16(2,3)4/h5-7H,8-9H2,1-4H3,(H,17,18,22). The summed E-state index contributed by atoms with van der Waals surface area (Å²) in [7, 11) is 0. The average molecular weight is 332 g/mol. The number of ketones is 1. The van der Waals surface area contributed by atoms with Crippen LogP contribution in [0.4, 0.5) is 5.82 Å². The molecule has 7 heteroatoms. The number of carbonyl (C=O) groups is 2. The number of anilines is 1. The van der Waals surface area contributed by atoms with Crippen molar-refractivity contribution in [2.75, 3.05) is 11.1 Å². The van der Waals surface area contributed by atoms with Crippen LogP contribution in [0.5, 0.6) is 0 Å². The second kappa shape index (κ2) is 7.04. The number of carbonyl (C=O) groups excluding carboxylic acids is 2. The topological polar surface area (TPSA) is 83.8 Å². The zero-order valence-corrected chi connectivity index (χ0v) is 14.5. The van der Waals surface area contributed by atoms with Crippen molar-refractivity contribution in [3.8, 4) is 0 Å². The normalized spacial score (nSPS) is 14.3. The van der Waals surface area contributed by atoms with Gasteiger partial charge in [-0.05, 0) is 19.1 Å². The third-order valence-electron chi connectivity index (χ3n) is 3.07. The lowest BCUT2D eigenvalue weighted by atomic mass is 9.95. The van der Waals surface area contributed by atoms with E-state index in [2.05, 4.69) is 20.5 Å². The highest BCUT2D eigenvalue weighted by atomic mass is 32.2. The van der Waals surface area contributed by atoms with E-state index in [1.807, 2.05) is 26.8 Å². The maximum atomic E-state index is 12.2. The number of thioether (sulfide) groups is 1. The lowest BCUT2D eigenvalue weighted by Gasteiger charge is -2.18. The van der Waals surface area contributed by atoms with Gasteiger partial charge < -0.3 is 5.32 Å². The molecule has 0 saturated heterocycles. The largest absolute Gasteiger partial charge is 0.310 e. The van der Waals surface area contributed by atoms with Crippen LogP contribution in [-0.2, 0) is 9.59 Å². The summed E-state index contributed by atoms with van der Waals surface area (Å²) >= 11 is 1.39. The Morgan fingerprint density at radius 1 is 1.30 bits per heavy atom. The van der Waals surface area contributed by atoms with Crippen molar-refractivity contribution < 1.29 is 9.59 Å². The summed E-state index contributed by atoms with van der Waals surface area (Å²) in [4.78, 5) is 27.5. The van der Waals surface area contributed by atoms with Gasteiger partial charge in [-0.1, -0.05) is 20.8 Å². The summed E-state index contributed by atoms with van der Waals surface area (Å²) in [5, 5.41) is 11.9. The summed E-state index contributed by atoms with van der Waals surface area (Å²) in [5.41, 5.74) is 0.992. The van der Waals surface area contributed by atoms with Gasteiger partial charge in [0.05, 0.1) is 11.5 Å². The molecule has 6 nitrogen and oxygen atoms in total. The van der Waals surface area contributed by atoms with Crippen molar-refractivity contribution in [3.05, 3.63) is 23.9 Å². The molecule has 0 saturated carbocycles. The molecule has 122 valence electrons. The number of Topliss-reactive ketones (excluding diaryl/α,β-unsaturated/α-hetero) is 1. The van der Waals surface area contributed by atoms with Crippen LogP contribution >= 0.6 is 11.8 Å². The van der Waals surface area contributed by atoms with Crippen LogP contribution in [0, 0.1) is 5.41 Å². The van der Waals surface area contributed by atoms with E-state index in [9.17, 15) is 9.59 Å². The Labute approximate surface area is 139 Å². The van der Waals surface area contributed by atoms with Gasteiger partial charge in [-0.25, -0.2) is 4.98 Å². The Morgan fingerprint density at radius 3 is 2.70 bits per heavy atom. The molecule has 0 unspecified atom stereocenters. The van der Waals surface area contributed by atoms with Crippen LogP contribution in [0.1, 0.15) is 39.7 Å². The molecule has 0 spiro atoms. The molecule has 23 heavy (non-hydrogen) atoms. The average Bonchev–Trinajstić information content (AvgIpc) is 2.93. The van der Waals surface area contributed by atoms with Crippen molar-refractivity contribution in [1.29, 1.82) is 0 Å². The number of amides is 1. The van der Waals surface area contributed by atoms with E-state index >= 15 is 0 Å². The Bertz CT molecular complexity index is 690. The molecule has 1 aromatic heterocycles. The molecule has 2 heterocycles. The summed E-state index contributed by atoms with van der Waals surface area (Å²) in [5.74, 6) is 0.871. The van der Waals surface area contributed by atoms with Gasteiger partial charge in [0, 0.05) is 23.6 Å². The number of pyridine rings is 1. The second-order valence-corrected chi connectivity index (χ2v) is 7.36. The van der Waals surface area contributed by atoms with E-state index in [1.54, 1.807) is 19.2 Å². The number of aromatic nitrogens is 1. The van der Waals surface area contributed by atoms with Gasteiger partial charge in [-0.15, -0.1) is 16.9 Å². The highest BCUT2D eigenvalue weighted by Crippen LogP contribution is 2.24. The molecule has 1 aliphatic heterocycles. The quantitative estimate of drug-likeness (QED) is 0.919. The smallest absolute Gasteiger partial charge is 0.230 e. The fraction of sp³-hybridized carbons (Fsp3) is 0.438. The minimum absolute atomic E-state index is 0.102. The molecule has 2 rings (SSSR count). The molecule has 1 N–H and O–H groups in total. The number of nitrogens with zero attached hydrogens (tertiary/aromatic N) is 3. The molecule has 0 bridgehead atoms. The first-order chi connectivity index (χ1) is 10.8. The molecule has 0 radical (unpaired) electrons. The molecule has 0 fully saturated rings. The summed E-state index contributed by atoms with van der Waals surface area (Å²) < 4.78 is 0. The van der Waals surface area contributed by atoms with Crippen LogP contribution < -0.4 is 5.32 Å². The SMILES string of the molecule is CC(=O)CSC1=NN=C(c2cccnc2NC(=O)C(C)(C)C)C1. The molecular weight excluding hydrogens is 312 g/mol. The predicted molar refractivity (Wildman–Crippen MR) is 94.0 cm³/mol. The maximum Gasteiger partial charge on any atom is 0.230 e. The van der Waals surface area contributed by atoms with Crippen molar-refractivity contribution in [1.82, 2.24) is 4.98 Å². The minimum atomic E-state index is -0.509. The maximum absolute atomic E-state index is 12.2. The highest BCUT2D eigenvalue weighted by Gasteiger charge is 2.24. The van der Waals surface area contributed by atoms with Gasteiger partial charge in [0.15, 0.2) is 0 Å². The van der Waals surface area contributed by atoms with E-state index in [1.165, 1.54) is 11.8 Å². The second-order valence-electron chi connectivity index (χ2n) is 6.31. The van der Waals surface area contributed by atoms with Crippen LogP contribution in [-0.4, -0.2) is 33.2 Å². The Balaban J connectivity index is 2.11. The summed E-state index contributed by atoms with van der Waals surface area (Å²) in [6.45, 7) is 7.08. The fourth-order valence-corrected chi connectivity index (χ4v) is 2.48. The van der Waals surface area contributed by atoms with Crippen molar-refractivity contribution in [3.63, 3.8) is 0 Å². The van der Waals surface area contributed by atoms with Gasteiger partial charge in [-0.3, -0.25) is 9.59 Å². The van der Waals surface area contributed by atoms with Gasteiger partial charge >= 0.3 is 0 Å². The van der Waals surface area contributed by atoms with Crippen LogP contribution in [0.25, 0.3) is 0 Å². The zero-order valence-electron chi connectivity index (χ0n) is 13.7. The number of hydrogen-bond acceptors (Lipinski definition) is 6. The highest BCUT2D eigenvalue weighted by molar-refractivity contribution is 8.14. The summed E-state index contributed by atoms with van der Waals surface area (Å²) in [6, 6.07) is 3.66. The van der Waals surface area contributed by atoms with Crippen LogP contribution in [0.2, 0.25) is 0 Å². The fourth-order valence-electron chi connectivity index (χ4n) is 1.78. The van der Waals surface area contributed by atoms with E-state index < -0.39 is 5.41 Å². The van der Waals surface area contributed by atoms with Crippen molar-refractivity contribution in [2.24, 2.45) is 15.6 Å². The van der Waals surface area contributed by atoms with Gasteiger partial charge in [0.25, 0.3) is 0 Å². The molecular formula is C16H20N4O2S. The predicted octanol–water partition coefficient (Wildman–Crippen LogP) is 2.89. The lowest BCUT2D eigenvalue weighted by Crippen LogP contribution is -2.29. The van der Waals surface area contributed by atoms with E-state index in [4.69, 9.17) is 0 Å². The molecule has 0 aliphatic carbocycles. The Morgan fingerprint density at radius 2 is 2.04 bits per heavy atom. The molecule has 1 amide bonds. The Hall–Kier alpha value is -2.02. The number of nitrogens with one attached hydrogen (secondary N) is 1. The Kier molecular flexibility index (Phi) is 5.30. The molecule has 1 aromatic rings. The monoisotopic (exact) mass is 332 g/mol. The third-order valence-corrected chi connectivity index (χ3v) is 4.18. The number of rotatable bonds is 4. The zero-order chi connectivity index (χ0) is 17.0. The molecule has 0 atom stereocenters. The first-order valence-electron chi connectivity index (χ1n) is 7.30. The van der Waals surface area contributed by atoms with Gasteiger partial charge in [0.1, 0.15) is 16.6 Å². The molecule has 1 aliphatic rings. The first kappa shape index (κ1) is 17.3. The van der Waals surface area contributed by atoms with E-state index in [0.717, 1.165) is 16.3 Å². The minimum Gasteiger partial charge on any atom is -0.310 e. The molecule has 0 aromatic carbocycles. The lowest BCUT2D eigenvalue weighted by molar-refractivity contribution is -0.123. The van der Waals surface area contributed by atoms with Crippen molar-refractivity contribution in [2.45, 2.75) is 34.1 Å². The van der Waals surface area contributed by atoms with Crippen LogP contribution in [0.15, 0.2) is 28.5 Å². The van der Waals surface area contributed by atoms with Crippen molar-refractivity contribution >= 4 is 40.0 Å². The number of hydrogen-bond donors (Lipinski definition) is 1. The third kappa shape index (κ3) is 4.72. The van der Waals surface area contributed by atoms with Crippen LogP contribution in [0.3, 0.4) is 0 Å². The van der Waals surface area contributed by atoms with E-state index in [-0.39, 0.29) is 11.7 Å². The summed E-state index contributed by atoms with van der Waals surface area (Å²) in [6.07, 6.45) is 2.17. The van der Waals surface area contributed by atoms with E-state index in [0.29, 0.717) is 18.0 Å².